The van der Waals surface area contributed by atoms with Crippen LogP contribution in [-0.4, -0.2) is 61.8 Å². The van der Waals surface area contributed by atoms with Crippen LogP contribution in [0.4, 0.5) is 5.82 Å². The van der Waals surface area contributed by atoms with Gasteiger partial charge in [-0.05, 0) is 23.6 Å². The van der Waals surface area contributed by atoms with E-state index in [4.69, 9.17) is 9.72 Å². The van der Waals surface area contributed by atoms with Crippen molar-refractivity contribution in [1.82, 2.24) is 15.3 Å². The van der Waals surface area contributed by atoms with Gasteiger partial charge in [0.15, 0.2) is 5.82 Å². The molecule has 0 aliphatic carbocycles. The van der Waals surface area contributed by atoms with E-state index in [2.05, 4.69) is 15.6 Å². The molecule has 152 valence electrons. The van der Waals surface area contributed by atoms with Crippen LogP contribution in [-0.2, 0) is 9.53 Å². The van der Waals surface area contributed by atoms with Crippen LogP contribution in [0.3, 0.4) is 0 Å². The molecule has 3 N–H and O–H groups in total. The average Bonchev–Trinajstić information content (AvgIpc) is 3.29. The number of anilines is 1. The molecule has 0 atom stereocenters. The number of carbonyl (C=O) groups is 1. The quantitative estimate of drug-likeness (QED) is 0.518. The topological polar surface area (TPSA) is 80.6 Å². The summed E-state index contributed by atoms with van der Waals surface area (Å²) < 4.78 is 5.36. The van der Waals surface area contributed by atoms with Gasteiger partial charge in [0, 0.05) is 18.4 Å². The van der Waals surface area contributed by atoms with Crippen LogP contribution in [0, 0.1) is 0 Å². The number of amides is 1. The van der Waals surface area contributed by atoms with Gasteiger partial charge in [0.25, 0.3) is 0 Å². The van der Waals surface area contributed by atoms with Crippen molar-refractivity contribution in [3.63, 3.8) is 0 Å². The number of hydrogen-bond acceptors (Lipinski definition) is 6. The van der Waals surface area contributed by atoms with Crippen molar-refractivity contribution in [3.05, 3.63) is 41.8 Å². The molecule has 3 aromatic rings. The third-order valence-corrected chi connectivity index (χ3v) is 5.86. The van der Waals surface area contributed by atoms with Crippen LogP contribution in [0.25, 0.3) is 21.6 Å². The highest BCUT2D eigenvalue weighted by atomic mass is 32.1. The zero-order valence-electron chi connectivity index (χ0n) is 16.3. The lowest BCUT2D eigenvalue weighted by molar-refractivity contribution is -0.906. The molecule has 1 aromatic carbocycles. The predicted molar refractivity (Wildman–Crippen MR) is 115 cm³/mol. The molecule has 7 nitrogen and oxygen atoms in total. The van der Waals surface area contributed by atoms with Gasteiger partial charge in [-0.25, -0.2) is 9.97 Å². The zero-order chi connectivity index (χ0) is 19.9. The largest absolute Gasteiger partial charge is 0.370 e. The van der Waals surface area contributed by atoms with E-state index in [0.29, 0.717) is 25.3 Å². The van der Waals surface area contributed by atoms with Gasteiger partial charge in [0.05, 0.1) is 36.7 Å². The summed E-state index contributed by atoms with van der Waals surface area (Å²) in [4.78, 5) is 24.1. The second kappa shape index (κ2) is 9.78. The number of benzene rings is 1. The standard InChI is InChI=1S/C21H25N5O2S/c27-19(22-9-10-26-11-13-28-14-12-26)7-8-23-20-16-4-1-2-5-17(16)24-21(25-20)18-6-3-15-29-18/h1-6,15H,7-14H2,(H,22,27)(H,23,24,25)/p+1. The molecule has 1 aliphatic rings. The second-order valence-electron chi connectivity index (χ2n) is 7.03. The zero-order valence-corrected chi connectivity index (χ0v) is 17.1. The number of carbonyl (C=O) groups excluding carboxylic acids is 1. The maximum Gasteiger partial charge on any atom is 0.221 e. The molecule has 8 heteroatoms. The molecule has 0 unspecified atom stereocenters. The summed E-state index contributed by atoms with van der Waals surface area (Å²) >= 11 is 1.62. The van der Waals surface area contributed by atoms with Crippen LogP contribution in [0.15, 0.2) is 41.8 Å². The first-order chi connectivity index (χ1) is 14.3. The number of quaternary nitrogens is 1. The van der Waals surface area contributed by atoms with E-state index in [0.717, 1.165) is 54.4 Å². The van der Waals surface area contributed by atoms with Crippen molar-refractivity contribution < 1.29 is 14.4 Å². The van der Waals surface area contributed by atoms with E-state index >= 15 is 0 Å². The summed E-state index contributed by atoms with van der Waals surface area (Å²) in [6, 6.07) is 11.9. The number of morpholine rings is 1. The number of ether oxygens (including phenoxy) is 1. The normalized spacial score (nSPS) is 14.8. The summed E-state index contributed by atoms with van der Waals surface area (Å²) in [5.74, 6) is 1.53. The monoisotopic (exact) mass is 412 g/mol. The molecule has 3 heterocycles. The van der Waals surface area contributed by atoms with Crippen LogP contribution >= 0.6 is 11.3 Å². The SMILES string of the molecule is O=C(CCNc1nc(-c2cccs2)nc2ccccc12)NCC[NH+]1CCOCC1. The first-order valence-corrected chi connectivity index (χ1v) is 10.9. The van der Waals surface area contributed by atoms with Gasteiger partial charge in [-0.15, -0.1) is 11.3 Å². The van der Waals surface area contributed by atoms with Gasteiger partial charge >= 0.3 is 0 Å². The van der Waals surface area contributed by atoms with Gasteiger partial charge in [0.2, 0.25) is 5.91 Å². The van der Waals surface area contributed by atoms with Gasteiger partial charge in [0.1, 0.15) is 18.9 Å². The molecule has 1 amide bonds. The number of nitrogens with zero attached hydrogens (tertiary/aromatic N) is 2. The van der Waals surface area contributed by atoms with Crippen molar-refractivity contribution in [2.75, 3.05) is 51.3 Å². The third-order valence-electron chi connectivity index (χ3n) is 4.99. The molecule has 0 bridgehead atoms. The van der Waals surface area contributed by atoms with Crippen molar-refractivity contribution >= 4 is 34.0 Å². The van der Waals surface area contributed by atoms with Crippen LogP contribution in [0.5, 0.6) is 0 Å². The molecule has 2 aromatic heterocycles. The molecule has 1 aliphatic heterocycles. The lowest BCUT2D eigenvalue weighted by Gasteiger charge is -2.23. The van der Waals surface area contributed by atoms with Gasteiger partial charge in [-0.1, -0.05) is 18.2 Å². The van der Waals surface area contributed by atoms with E-state index in [1.807, 2.05) is 41.8 Å². The number of thiophene rings is 1. The Kier molecular flexibility index (Phi) is 6.66. The number of para-hydroxylation sites is 1. The number of fused-ring (bicyclic) bond motifs is 1. The Bertz CT molecular complexity index is 941. The Balaban J connectivity index is 1.32. The number of hydrogen-bond donors (Lipinski definition) is 3. The van der Waals surface area contributed by atoms with Crippen molar-refractivity contribution in [1.29, 1.82) is 0 Å². The first kappa shape index (κ1) is 19.8. The minimum absolute atomic E-state index is 0.0574. The Hall–Kier alpha value is -2.55. The Morgan fingerprint density at radius 3 is 2.79 bits per heavy atom. The van der Waals surface area contributed by atoms with E-state index in [9.17, 15) is 4.79 Å². The minimum Gasteiger partial charge on any atom is -0.370 e. The predicted octanol–water partition coefficient (Wildman–Crippen LogP) is 1.19. The molecule has 0 radical (unpaired) electrons. The molecule has 4 rings (SSSR count). The Labute approximate surface area is 174 Å². The third kappa shape index (κ3) is 5.29. The number of nitrogens with one attached hydrogen (secondary N) is 3. The van der Waals surface area contributed by atoms with Crippen LogP contribution in [0.2, 0.25) is 0 Å². The average molecular weight is 413 g/mol. The molecule has 0 saturated carbocycles. The Morgan fingerprint density at radius 2 is 1.97 bits per heavy atom. The van der Waals surface area contributed by atoms with Crippen molar-refractivity contribution in [2.24, 2.45) is 0 Å². The maximum absolute atomic E-state index is 12.2. The van der Waals surface area contributed by atoms with Crippen LogP contribution < -0.4 is 15.5 Å². The second-order valence-corrected chi connectivity index (χ2v) is 7.98. The highest BCUT2D eigenvalue weighted by Gasteiger charge is 2.14. The summed E-state index contributed by atoms with van der Waals surface area (Å²) in [6.07, 6.45) is 0.408. The summed E-state index contributed by atoms with van der Waals surface area (Å²) in [7, 11) is 0. The summed E-state index contributed by atoms with van der Waals surface area (Å²) in [6.45, 7) is 5.84. The van der Waals surface area contributed by atoms with E-state index < -0.39 is 0 Å². The number of rotatable bonds is 8. The lowest BCUT2D eigenvalue weighted by atomic mass is 10.2. The molecular formula is C21H26N5O2S+. The maximum atomic E-state index is 12.2. The fourth-order valence-corrected chi connectivity index (χ4v) is 4.06. The molecule has 1 saturated heterocycles. The number of aromatic nitrogens is 2. The summed E-state index contributed by atoms with van der Waals surface area (Å²) in [5, 5.41) is 9.33. The van der Waals surface area contributed by atoms with Crippen molar-refractivity contribution in [2.45, 2.75) is 6.42 Å². The van der Waals surface area contributed by atoms with Gasteiger partial charge < -0.3 is 20.3 Å². The molecule has 0 spiro atoms. The lowest BCUT2D eigenvalue weighted by Crippen LogP contribution is -3.14. The van der Waals surface area contributed by atoms with E-state index in [1.165, 1.54) is 4.90 Å². The molecule has 29 heavy (non-hydrogen) atoms. The summed E-state index contributed by atoms with van der Waals surface area (Å²) in [5.41, 5.74) is 0.895. The Morgan fingerprint density at radius 1 is 1.10 bits per heavy atom. The fraction of sp³-hybridized carbons (Fsp3) is 0.381. The molecular weight excluding hydrogens is 386 g/mol. The van der Waals surface area contributed by atoms with Gasteiger partial charge in [-0.2, -0.15) is 0 Å². The fourth-order valence-electron chi connectivity index (χ4n) is 3.40. The van der Waals surface area contributed by atoms with Gasteiger partial charge in [-0.3, -0.25) is 4.79 Å². The highest BCUT2D eigenvalue weighted by molar-refractivity contribution is 7.13. The van der Waals surface area contributed by atoms with Crippen molar-refractivity contribution in [3.8, 4) is 10.7 Å². The van der Waals surface area contributed by atoms with E-state index in [1.54, 1.807) is 11.3 Å². The van der Waals surface area contributed by atoms with E-state index in [-0.39, 0.29) is 5.91 Å². The first-order valence-electron chi connectivity index (χ1n) is 10.0. The minimum atomic E-state index is 0.0574. The van der Waals surface area contributed by atoms with Crippen LogP contribution in [0.1, 0.15) is 6.42 Å². The molecule has 1 fully saturated rings. The smallest absolute Gasteiger partial charge is 0.221 e. The highest BCUT2D eigenvalue weighted by Crippen LogP contribution is 2.27.